The number of ether oxygens (including phenoxy) is 1. The first-order valence-electron chi connectivity index (χ1n) is 6.60. The number of carbonyl (C=O) groups excluding carboxylic acids is 2. The smallest absolute Gasteiger partial charge is 0.329 e. The van der Waals surface area contributed by atoms with Gasteiger partial charge in [0.05, 0.1) is 6.42 Å². The van der Waals surface area contributed by atoms with Crippen molar-refractivity contribution in [3.63, 3.8) is 0 Å². The maximum atomic E-state index is 11.8. The molecule has 0 fully saturated rings. The van der Waals surface area contributed by atoms with Crippen LogP contribution in [0.25, 0.3) is 0 Å². The van der Waals surface area contributed by atoms with Crippen molar-refractivity contribution in [3.8, 4) is 0 Å². The summed E-state index contributed by atoms with van der Waals surface area (Å²) in [5, 5.41) is 11.2. The van der Waals surface area contributed by atoms with E-state index in [1.54, 1.807) is 20.8 Å². The molecule has 0 aliphatic carbocycles. The van der Waals surface area contributed by atoms with E-state index in [-0.39, 0.29) is 12.3 Å². The van der Waals surface area contributed by atoms with Crippen LogP contribution in [0.15, 0.2) is 0 Å². The van der Waals surface area contributed by atoms with Crippen LogP contribution >= 0.6 is 0 Å². The zero-order valence-electron chi connectivity index (χ0n) is 12.3. The van der Waals surface area contributed by atoms with E-state index in [4.69, 9.17) is 15.6 Å². The standard InChI is InChI=1S/C13H24N2O5/c1-13(2,3)20-12(19)9(8-11(17)18)15-10(16)6-4-5-7-14/h9H,4-8,14H2,1-3H3,(H,15,16)(H,17,18)/t9-/m0/s1. The minimum absolute atomic E-state index is 0.204. The topological polar surface area (TPSA) is 119 Å². The fraction of sp³-hybridized carbons (Fsp3) is 0.769. The zero-order chi connectivity index (χ0) is 15.8. The Labute approximate surface area is 118 Å². The third-order valence-electron chi connectivity index (χ3n) is 2.26. The van der Waals surface area contributed by atoms with Gasteiger partial charge in [0.2, 0.25) is 5.91 Å². The first kappa shape index (κ1) is 18.4. The van der Waals surface area contributed by atoms with Crippen molar-refractivity contribution < 1.29 is 24.2 Å². The van der Waals surface area contributed by atoms with Gasteiger partial charge in [-0.2, -0.15) is 0 Å². The summed E-state index contributed by atoms with van der Waals surface area (Å²) in [7, 11) is 0. The second-order valence-electron chi connectivity index (χ2n) is 5.50. The molecule has 1 amide bonds. The summed E-state index contributed by atoms with van der Waals surface area (Å²) in [6.07, 6.45) is 0.994. The quantitative estimate of drug-likeness (QED) is 0.440. The van der Waals surface area contributed by atoms with Crippen LogP contribution in [0.5, 0.6) is 0 Å². The molecule has 0 saturated heterocycles. The average Bonchev–Trinajstić information content (AvgIpc) is 2.25. The molecule has 1 atom stereocenters. The summed E-state index contributed by atoms with van der Waals surface area (Å²) in [5.41, 5.74) is 4.58. The molecule has 0 saturated carbocycles. The largest absolute Gasteiger partial charge is 0.481 e. The number of unbranched alkanes of at least 4 members (excludes halogenated alkanes) is 1. The van der Waals surface area contributed by atoms with Crippen molar-refractivity contribution in [2.24, 2.45) is 5.73 Å². The Balaban J connectivity index is 4.52. The van der Waals surface area contributed by atoms with Gasteiger partial charge in [0.15, 0.2) is 0 Å². The predicted octanol–water partition coefficient (Wildman–Crippen LogP) is 0.417. The number of hydrogen-bond donors (Lipinski definition) is 3. The molecular formula is C13H24N2O5. The highest BCUT2D eigenvalue weighted by molar-refractivity contribution is 5.87. The number of nitrogens with one attached hydrogen (secondary N) is 1. The van der Waals surface area contributed by atoms with Crippen LogP contribution in [0.3, 0.4) is 0 Å². The van der Waals surface area contributed by atoms with Gasteiger partial charge >= 0.3 is 11.9 Å². The Kier molecular flexibility index (Phi) is 7.83. The molecule has 0 bridgehead atoms. The number of carboxylic acid groups (broad SMARTS) is 1. The molecule has 0 heterocycles. The highest BCUT2D eigenvalue weighted by Crippen LogP contribution is 2.10. The zero-order valence-corrected chi connectivity index (χ0v) is 12.3. The number of nitrogens with two attached hydrogens (primary N) is 1. The predicted molar refractivity (Wildman–Crippen MR) is 72.9 cm³/mol. The van der Waals surface area contributed by atoms with Gasteiger partial charge in [0.25, 0.3) is 0 Å². The van der Waals surface area contributed by atoms with E-state index in [0.717, 1.165) is 0 Å². The van der Waals surface area contributed by atoms with E-state index in [2.05, 4.69) is 5.32 Å². The Morgan fingerprint density at radius 3 is 2.30 bits per heavy atom. The Bertz CT molecular complexity index is 349. The summed E-state index contributed by atoms with van der Waals surface area (Å²) < 4.78 is 5.09. The second-order valence-corrected chi connectivity index (χ2v) is 5.50. The highest BCUT2D eigenvalue weighted by atomic mass is 16.6. The molecule has 0 aliphatic heterocycles. The van der Waals surface area contributed by atoms with Crippen LogP contribution in [0.2, 0.25) is 0 Å². The third-order valence-corrected chi connectivity index (χ3v) is 2.26. The van der Waals surface area contributed by atoms with Gasteiger partial charge < -0.3 is 20.9 Å². The molecule has 0 radical (unpaired) electrons. The lowest BCUT2D eigenvalue weighted by atomic mass is 10.1. The molecule has 0 aliphatic rings. The third kappa shape index (κ3) is 9.32. The van der Waals surface area contributed by atoms with Gasteiger partial charge in [-0.05, 0) is 40.2 Å². The lowest BCUT2D eigenvalue weighted by molar-refractivity contribution is -0.161. The van der Waals surface area contributed by atoms with Crippen molar-refractivity contribution in [1.29, 1.82) is 0 Å². The van der Waals surface area contributed by atoms with Crippen LogP contribution in [0, 0.1) is 0 Å². The molecule has 4 N–H and O–H groups in total. The van der Waals surface area contributed by atoms with E-state index < -0.39 is 30.0 Å². The first-order valence-corrected chi connectivity index (χ1v) is 6.60. The van der Waals surface area contributed by atoms with E-state index in [9.17, 15) is 14.4 Å². The van der Waals surface area contributed by atoms with E-state index in [0.29, 0.717) is 19.4 Å². The minimum Gasteiger partial charge on any atom is -0.481 e. The molecule has 0 aromatic carbocycles. The molecule has 7 heteroatoms. The Morgan fingerprint density at radius 1 is 1.25 bits per heavy atom. The van der Waals surface area contributed by atoms with Crippen molar-refractivity contribution in [1.82, 2.24) is 5.32 Å². The molecule has 0 rings (SSSR count). The highest BCUT2D eigenvalue weighted by Gasteiger charge is 2.28. The summed E-state index contributed by atoms with van der Waals surface area (Å²) in [6, 6.07) is -1.17. The number of aliphatic carboxylic acids is 1. The molecule has 116 valence electrons. The van der Waals surface area contributed by atoms with Crippen molar-refractivity contribution in [2.75, 3.05) is 6.54 Å². The Morgan fingerprint density at radius 2 is 1.85 bits per heavy atom. The maximum Gasteiger partial charge on any atom is 0.329 e. The normalized spacial score (nSPS) is 12.6. The van der Waals surface area contributed by atoms with Crippen LogP contribution in [0.1, 0.15) is 46.5 Å². The van der Waals surface area contributed by atoms with Gasteiger partial charge in [0, 0.05) is 6.42 Å². The molecular weight excluding hydrogens is 264 g/mol. The number of hydrogen-bond acceptors (Lipinski definition) is 5. The molecule has 20 heavy (non-hydrogen) atoms. The first-order chi connectivity index (χ1) is 9.15. The molecule has 0 unspecified atom stereocenters. The van der Waals surface area contributed by atoms with Gasteiger partial charge in [-0.15, -0.1) is 0 Å². The van der Waals surface area contributed by atoms with E-state index in [1.807, 2.05) is 0 Å². The molecule has 0 aromatic rings. The summed E-state index contributed by atoms with van der Waals surface area (Å²) in [6.45, 7) is 5.50. The van der Waals surface area contributed by atoms with Crippen LogP contribution < -0.4 is 11.1 Å². The fourth-order valence-corrected chi connectivity index (χ4v) is 1.44. The van der Waals surface area contributed by atoms with Gasteiger partial charge in [-0.3, -0.25) is 9.59 Å². The SMILES string of the molecule is CC(C)(C)OC(=O)[C@H](CC(=O)O)NC(=O)CCCCN. The lowest BCUT2D eigenvalue weighted by Gasteiger charge is -2.23. The summed E-state index contributed by atoms with van der Waals surface area (Å²) >= 11 is 0. The Hall–Kier alpha value is -1.63. The molecule has 0 spiro atoms. The van der Waals surface area contributed by atoms with Crippen molar-refractivity contribution in [2.45, 2.75) is 58.1 Å². The maximum absolute atomic E-state index is 11.8. The van der Waals surface area contributed by atoms with Crippen LogP contribution in [0.4, 0.5) is 0 Å². The van der Waals surface area contributed by atoms with Crippen molar-refractivity contribution >= 4 is 17.8 Å². The average molecular weight is 288 g/mol. The van der Waals surface area contributed by atoms with Crippen LogP contribution in [-0.4, -0.2) is 41.1 Å². The minimum atomic E-state index is -1.18. The summed E-state index contributed by atoms with van der Waals surface area (Å²) in [4.78, 5) is 34.2. The van der Waals surface area contributed by atoms with Gasteiger partial charge in [0.1, 0.15) is 11.6 Å². The number of rotatable bonds is 8. The number of esters is 1. The molecule has 0 aromatic heterocycles. The number of carboxylic acids is 1. The van der Waals surface area contributed by atoms with E-state index >= 15 is 0 Å². The number of carbonyl (C=O) groups is 3. The fourth-order valence-electron chi connectivity index (χ4n) is 1.44. The monoisotopic (exact) mass is 288 g/mol. The number of amides is 1. The molecule has 7 nitrogen and oxygen atoms in total. The van der Waals surface area contributed by atoms with Crippen LogP contribution in [-0.2, 0) is 19.1 Å². The van der Waals surface area contributed by atoms with Gasteiger partial charge in [-0.25, -0.2) is 4.79 Å². The second kappa shape index (κ2) is 8.52. The lowest BCUT2D eigenvalue weighted by Crippen LogP contribution is -2.45. The summed E-state index contributed by atoms with van der Waals surface area (Å²) in [5.74, 6) is -2.30. The van der Waals surface area contributed by atoms with Gasteiger partial charge in [-0.1, -0.05) is 0 Å². The van der Waals surface area contributed by atoms with Crippen molar-refractivity contribution in [3.05, 3.63) is 0 Å². The van der Waals surface area contributed by atoms with E-state index in [1.165, 1.54) is 0 Å².